The van der Waals surface area contributed by atoms with Crippen molar-refractivity contribution in [3.8, 4) is 33.8 Å². The van der Waals surface area contributed by atoms with E-state index in [-0.39, 0.29) is 0 Å². The van der Waals surface area contributed by atoms with Gasteiger partial charge in [0.05, 0.1) is 22.7 Å². The molecule has 0 aromatic heterocycles. The summed E-state index contributed by atoms with van der Waals surface area (Å²) in [6.07, 6.45) is 0. The van der Waals surface area contributed by atoms with Gasteiger partial charge in [-0.2, -0.15) is 0 Å². The fourth-order valence-corrected chi connectivity index (χ4v) is 11.0. The van der Waals surface area contributed by atoms with E-state index in [1.807, 2.05) is 0 Å². The molecule has 322 valence electrons. The summed E-state index contributed by atoms with van der Waals surface area (Å²) >= 11 is 0. The second-order valence-electron chi connectivity index (χ2n) is 18.0. The molecule has 0 saturated heterocycles. The van der Waals surface area contributed by atoms with Crippen LogP contribution in [0.1, 0.15) is 0 Å². The molecule has 0 atom stereocenters. The SMILES string of the molecule is c1ccc(-c2ccccc2N(c2ccc3c(ccc4ccccc43)c2)c2cc3c4c(ccc5cc(N(c6ccc7ccccc7c6)c6ccccc6-c6ccccc6)c6cccc(c6c54)O3)c2)cc1. The minimum atomic E-state index is 0.843. The lowest BCUT2D eigenvalue weighted by atomic mass is 9.91. The van der Waals surface area contributed by atoms with Gasteiger partial charge >= 0.3 is 0 Å². The summed E-state index contributed by atoms with van der Waals surface area (Å²) in [5.41, 5.74) is 11.1. The summed E-state index contributed by atoms with van der Waals surface area (Å²) in [5, 5.41) is 14.2. The van der Waals surface area contributed by atoms with E-state index in [0.29, 0.717) is 0 Å². The van der Waals surface area contributed by atoms with Crippen molar-refractivity contribution in [1.82, 2.24) is 0 Å². The smallest absolute Gasteiger partial charge is 0.138 e. The standard InChI is InChI=1S/C66H42N2O/c1-3-17-44(18-4-1)56-24-11-13-27-59(56)67(51-36-37-55-48(39-51)31-30-46-21-9-10-23-54(46)55)53-40-49-32-33-50-41-61(58-26-15-29-62-66(58)65(50)64(49)63(42-53)69-62)68(52-35-34-43-16-7-8-22-47(43)38-52)60-28-14-12-25-57(60)45-19-5-2-6-20-45/h1-42H. The van der Waals surface area contributed by atoms with Gasteiger partial charge in [0.2, 0.25) is 0 Å². The lowest BCUT2D eigenvalue weighted by molar-refractivity contribution is 0.493. The monoisotopic (exact) mass is 878 g/mol. The van der Waals surface area contributed by atoms with Crippen molar-refractivity contribution in [1.29, 1.82) is 0 Å². The van der Waals surface area contributed by atoms with Crippen LogP contribution in [0.2, 0.25) is 0 Å². The van der Waals surface area contributed by atoms with E-state index in [9.17, 15) is 0 Å². The second-order valence-corrected chi connectivity index (χ2v) is 18.0. The van der Waals surface area contributed by atoms with E-state index in [2.05, 4.69) is 265 Å². The van der Waals surface area contributed by atoms with Crippen LogP contribution in [-0.2, 0) is 0 Å². The minimum Gasteiger partial charge on any atom is -0.456 e. The van der Waals surface area contributed by atoms with Crippen molar-refractivity contribution in [3.63, 3.8) is 0 Å². The van der Waals surface area contributed by atoms with Crippen LogP contribution in [0, 0.1) is 0 Å². The Morgan fingerprint density at radius 3 is 1.54 bits per heavy atom. The topological polar surface area (TPSA) is 15.7 Å². The van der Waals surface area contributed by atoms with Crippen molar-refractivity contribution < 1.29 is 4.74 Å². The van der Waals surface area contributed by atoms with Crippen molar-refractivity contribution in [2.45, 2.75) is 0 Å². The number of rotatable bonds is 8. The van der Waals surface area contributed by atoms with Crippen LogP contribution in [0.5, 0.6) is 11.5 Å². The van der Waals surface area contributed by atoms with E-state index in [4.69, 9.17) is 4.74 Å². The molecule has 0 radical (unpaired) electrons. The molecule has 0 amide bonds. The molecule has 13 aromatic rings. The zero-order valence-electron chi connectivity index (χ0n) is 37.6. The molecule has 1 aliphatic rings. The van der Waals surface area contributed by atoms with E-state index in [1.54, 1.807) is 0 Å². The van der Waals surface area contributed by atoms with Crippen molar-refractivity contribution in [2.75, 3.05) is 9.80 Å². The molecule has 0 spiro atoms. The summed E-state index contributed by atoms with van der Waals surface area (Å²) in [4.78, 5) is 4.86. The molecular weight excluding hydrogens is 837 g/mol. The molecule has 3 nitrogen and oxygen atoms in total. The largest absolute Gasteiger partial charge is 0.456 e. The average Bonchev–Trinajstić information content (AvgIpc) is 3.41. The Bertz CT molecular complexity index is 4180. The molecule has 0 unspecified atom stereocenters. The van der Waals surface area contributed by atoms with E-state index >= 15 is 0 Å². The minimum absolute atomic E-state index is 0.843. The number of ether oxygens (including phenoxy) is 1. The van der Waals surface area contributed by atoms with Gasteiger partial charge in [0.25, 0.3) is 0 Å². The highest BCUT2D eigenvalue weighted by Gasteiger charge is 2.28. The molecule has 0 aliphatic carbocycles. The fraction of sp³-hybridized carbons (Fsp3) is 0. The first-order chi connectivity index (χ1) is 34.2. The van der Waals surface area contributed by atoms with Crippen molar-refractivity contribution >= 4 is 98.8 Å². The number of hydrogen-bond acceptors (Lipinski definition) is 3. The number of para-hydroxylation sites is 2. The van der Waals surface area contributed by atoms with Crippen LogP contribution in [-0.4, -0.2) is 0 Å². The molecule has 69 heavy (non-hydrogen) atoms. The molecule has 13 aromatic carbocycles. The Morgan fingerprint density at radius 2 is 0.768 bits per heavy atom. The molecule has 14 rings (SSSR count). The quantitative estimate of drug-likeness (QED) is 0.141. The zero-order chi connectivity index (χ0) is 45.4. The Hall–Kier alpha value is -9.18. The highest BCUT2D eigenvalue weighted by Crippen LogP contribution is 2.54. The van der Waals surface area contributed by atoms with Crippen LogP contribution in [0.15, 0.2) is 255 Å². The molecule has 0 bridgehead atoms. The lowest BCUT2D eigenvalue weighted by Crippen LogP contribution is -2.13. The second kappa shape index (κ2) is 15.7. The van der Waals surface area contributed by atoms with Gasteiger partial charge < -0.3 is 14.5 Å². The van der Waals surface area contributed by atoms with Gasteiger partial charge in [-0.25, -0.2) is 0 Å². The maximum Gasteiger partial charge on any atom is 0.138 e. The van der Waals surface area contributed by atoms with Crippen LogP contribution >= 0.6 is 0 Å². The number of hydrogen-bond donors (Lipinski definition) is 0. The normalized spacial score (nSPS) is 11.9. The predicted octanol–water partition coefficient (Wildman–Crippen LogP) is 19.0. The number of anilines is 6. The summed E-state index contributed by atoms with van der Waals surface area (Å²) in [6, 6.07) is 92.5. The summed E-state index contributed by atoms with van der Waals surface area (Å²) in [7, 11) is 0. The van der Waals surface area contributed by atoms with Gasteiger partial charge in [-0.05, 0) is 109 Å². The van der Waals surface area contributed by atoms with Gasteiger partial charge in [-0.15, -0.1) is 0 Å². The number of nitrogens with zero attached hydrogens (tertiary/aromatic N) is 2. The first-order valence-corrected chi connectivity index (χ1v) is 23.7. The molecule has 0 fully saturated rings. The molecule has 1 heterocycles. The number of fused-ring (bicyclic) bond motifs is 4. The van der Waals surface area contributed by atoms with Crippen molar-refractivity contribution in [3.05, 3.63) is 255 Å². The lowest BCUT2D eigenvalue weighted by Gasteiger charge is -2.32. The summed E-state index contributed by atoms with van der Waals surface area (Å²) in [5.74, 6) is 1.69. The third-order valence-electron chi connectivity index (χ3n) is 14.1. The predicted molar refractivity (Wildman–Crippen MR) is 292 cm³/mol. The van der Waals surface area contributed by atoms with Gasteiger partial charge in [0, 0.05) is 50.1 Å². The van der Waals surface area contributed by atoms with Gasteiger partial charge in [0.15, 0.2) is 0 Å². The maximum atomic E-state index is 7.23. The molecular formula is C66H42N2O. The third-order valence-corrected chi connectivity index (χ3v) is 14.1. The van der Waals surface area contributed by atoms with Gasteiger partial charge in [-0.1, -0.05) is 194 Å². The fourth-order valence-electron chi connectivity index (χ4n) is 11.0. The van der Waals surface area contributed by atoms with Crippen molar-refractivity contribution in [2.24, 2.45) is 0 Å². The first kappa shape index (κ1) is 39.0. The van der Waals surface area contributed by atoms with Gasteiger partial charge in [-0.3, -0.25) is 0 Å². The van der Waals surface area contributed by atoms with E-state index in [0.717, 1.165) is 94.8 Å². The van der Waals surface area contributed by atoms with E-state index < -0.39 is 0 Å². The summed E-state index contributed by atoms with van der Waals surface area (Å²) < 4.78 is 7.23. The van der Waals surface area contributed by atoms with Crippen LogP contribution in [0.3, 0.4) is 0 Å². The Morgan fingerprint density at radius 1 is 0.246 bits per heavy atom. The van der Waals surface area contributed by atoms with Crippen LogP contribution in [0.25, 0.3) is 86.9 Å². The zero-order valence-corrected chi connectivity index (χ0v) is 37.6. The highest BCUT2D eigenvalue weighted by molar-refractivity contribution is 6.28. The summed E-state index contributed by atoms with van der Waals surface area (Å²) in [6.45, 7) is 0. The van der Waals surface area contributed by atoms with Crippen LogP contribution < -0.4 is 14.5 Å². The third kappa shape index (κ3) is 6.36. The van der Waals surface area contributed by atoms with Gasteiger partial charge in [0.1, 0.15) is 11.5 Å². The molecule has 3 heteroatoms. The highest BCUT2D eigenvalue weighted by atomic mass is 16.5. The Kier molecular flexibility index (Phi) is 8.90. The Balaban J connectivity index is 0.998. The molecule has 0 N–H and O–H groups in total. The van der Waals surface area contributed by atoms with Crippen LogP contribution in [0.4, 0.5) is 34.1 Å². The molecule has 1 aliphatic heterocycles. The first-order valence-electron chi connectivity index (χ1n) is 23.7. The number of benzene rings is 13. The maximum absolute atomic E-state index is 7.23. The molecule has 0 saturated carbocycles. The average molecular weight is 879 g/mol. The van der Waals surface area contributed by atoms with E-state index in [1.165, 1.54) is 37.7 Å². The Labute approximate surface area is 399 Å².